The number of aliphatic hydroxyl groups excluding tert-OH is 1. The van der Waals surface area contributed by atoms with Crippen molar-refractivity contribution >= 4 is 5.97 Å². The molecule has 1 fully saturated rings. The van der Waals surface area contributed by atoms with E-state index in [0.717, 1.165) is 25.7 Å². The number of hydrogen-bond acceptors (Lipinski definition) is 3. The van der Waals surface area contributed by atoms with Crippen LogP contribution in [0.4, 0.5) is 0 Å². The lowest BCUT2D eigenvalue weighted by molar-refractivity contribution is -0.145. The summed E-state index contributed by atoms with van der Waals surface area (Å²) in [5, 5.41) is 21.0. The molecule has 0 aromatic rings. The molecule has 94 valence electrons. The zero-order chi connectivity index (χ0) is 12.1. The molecule has 4 unspecified atom stereocenters. The Morgan fingerprint density at radius 3 is 2.62 bits per heavy atom. The molecule has 0 aliphatic heterocycles. The molecule has 0 aromatic heterocycles. The maximum atomic E-state index is 11.0. The Kier molecular flexibility index (Phi) is 5.22. The molecule has 1 rings (SSSR count). The summed E-state index contributed by atoms with van der Waals surface area (Å²) in [5.41, 5.74) is 0. The predicted octanol–water partition coefficient (Wildman–Crippen LogP) is 1.44. The second kappa shape index (κ2) is 6.21. The topological polar surface area (TPSA) is 69.6 Å². The molecule has 1 saturated carbocycles. The molecule has 1 aliphatic rings. The molecule has 4 atom stereocenters. The van der Waals surface area contributed by atoms with E-state index in [-0.39, 0.29) is 18.6 Å². The zero-order valence-electron chi connectivity index (χ0n) is 10.1. The fourth-order valence-corrected chi connectivity index (χ4v) is 2.93. The summed E-state index contributed by atoms with van der Waals surface area (Å²) >= 11 is 0. The van der Waals surface area contributed by atoms with Gasteiger partial charge in [-0.05, 0) is 37.5 Å². The summed E-state index contributed by atoms with van der Waals surface area (Å²) in [6.07, 6.45) is 3.65. The van der Waals surface area contributed by atoms with Crippen LogP contribution >= 0.6 is 0 Å². The van der Waals surface area contributed by atoms with E-state index in [4.69, 9.17) is 10.2 Å². The second-order valence-electron chi connectivity index (χ2n) is 4.87. The average molecular weight is 229 g/mol. The van der Waals surface area contributed by atoms with Crippen molar-refractivity contribution in [3.05, 3.63) is 0 Å². The first-order valence-corrected chi connectivity index (χ1v) is 6.17. The summed E-state index contributed by atoms with van der Waals surface area (Å²) < 4.78 is 0. The number of carbonyl (C=O) groups is 1. The molecule has 4 nitrogen and oxygen atoms in total. The maximum absolute atomic E-state index is 11.0. The number of carboxylic acids is 1. The van der Waals surface area contributed by atoms with Crippen LogP contribution in [0.5, 0.6) is 0 Å². The Balaban J connectivity index is 2.52. The fraction of sp³-hybridized carbons (Fsp3) is 0.917. The van der Waals surface area contributed by atoms with Crippen molar-refractivity contribution < 1.29 is 15.0 Å². The number of carboxylic acid groups (broad SMARTS) is 1. The Bertz CT molecular complexity index is 232. The third-order valence-electron chi connectivity index (χ3n) is 3.89. The highest BCUT2D eigenvalue weighted by atomic mass is 16.4. The van der Waals surface area contributed by atoms with Gasteiger partial charge in [0.15, 0.2) is 0 Å². The zero-order valence-corrected chi connectivity index (χ0v) is 10.1. The number of rotatable bonds is 5. The van der Waals surface area contributed by atoms with Crippen molar-refractivity contribution in [2.75, 3.05) is 6.73 Å². The molecule has 0 spiro atoms. The summed E-state index contributed by atoms with van der Waals surface area (Å²) in [7, 11) is 0. The Morgan fingerprint density at radius 2 is 2.19 bits per heavy atom. The normalized spacial score (nSPS) is 32.3. The van der Waals surface area contributed by atoms with E-state index in [1.54, 1.807) is 0 Å². The highest BCUT2D eigenvalue weighted by Gasteiger charge is 2.34. The monoisotopic (exact) mass is 229 g/mol. The molecular formula is C12H23NO3. The number of aliphatic hydroxyl groups is 1. The molecule has 0 amide bonds. The number of aliphatic carboxylic acids is 1. The van der Waals surface area contributed by atoms with Gasteiger partial charge in [-0.2, -0.15) is 0 Å². The van der Waals surface area contributed by atoms with Gasteiger partial charge < -0.3 is 10.2 Å². The van der Waals surface area contributed by atoms with Gasteiger partial charge >= 0.3 is 5.97 Å². The first kappa shape index (κ1) is 13.5. The molecule has 0 saturated heterocycles. The second-order valence-corrected chi connectivity index (χ2v) is 4.87. The van der Waals surface area contributed by atoms with E-state index in [0.29, 0.717) is 12.0 Å². The maximum Gasteiger partial charge on any atom is 0.306 e. The third-order valence-corrected chi connectivity index (χ3v) is 3.89. The van der Waals surface area contributed by atoms with Crippen LogP contribution in [0.15, 0.2) is 0 Å². The van der Waals surface area contributed by atoms with Crippen molar-refractivity contribution in [3.63, 3.8) is 0 Å². The minimum atomic E-state index is -0.658. The van der Waals surface area contributed by atoms with E-state index < -0.39 is 5.97 Å². The van der Waals surface area contributed by atoms with Gasteiger partial charge in [0.05, 0.1) is 12.6 Å². The summed E-state index contributed by atoms with van der Waals surface area (Å²) in [6.45, 7) is 4.13. The SMILES string of the molecule is CCC(NCO)C1CCC(C(=O)O)C(C)C1. The van der Waals surface area contributed by atoms with E-state index in [1.165, 1.54) is 0 Å². The van der Waals surface area contributed by atoms with Crippen molar-refractivity contribution in [2.45, 2.75) is 45.6 Å². The van der Waals surface area contributed by atoms with Crippen LogP contribution in [0.25, 0.3) is 0 Å². The van der Waals surface area contributed by atoms with E-state index >= 15 is 0 Å². The molecular weight excluding hydrogens is 206 g/mol. The molecule has 0 aromatic carbocycles. The smallest absolute Gasteiger partial charge is 0.306 e. The summed E-state index contributed by atoms with van der Waals surface area (Å²) in [4.78, 5) is 11.0. The lowest BCUT2D eigenvalue weighted by atomic mass is 9.72. The Morgan fingerprint density at radius 1 is 1.50 bits per heavy atom. The summed E-state index contributed by atoms with van der Waals surface area (Å²) in [6, 6.07) is 0.321. The first-order chi connectivity index (χ1) is 7.60. The van der Waals surface area contributed by atoms with Crippen molar-refractivity contribution in [3.8, 4) is 0 Å². The van der Waals surface area contributed by atoms with Crippen LogP contribution in [0.3, 0.4) is 0 Å². The minimum Gasteiger partial charge on any atom is -0.481 e. The van der Waals surface area contributed by atoms with Gasteiger partial charge in [-0.15, -0.1) is 0 Å². The lowest BCUT2D eigenvalue weighted by Gasteiger charge is -2.36. The van der Waals surface area contributed by atoms with Gasteiger partial charge in [0, 0.05) is 6.04 Å². The Hall–Kier alpha value is -0.610. The largest absolute Gasteiger partial charge is 0.481 e. The standard InChI is InChI=1S/C12H23NO3/c1-3-11(13-7-14)9-4-5-10(12(15)16)8(2)6-9/h8-11,13-14H,3-7H2,1-2H3,(H,15,16). The van der Waals surface area contributed by atoms with E-state index in [9.17, 15) is 4.79 Å². The molecule has 3 N–H and O–H groups in total. The van der Waals surface area contributed by atoms with Crippen LogP contribution < -0.4 is 5.32 Å². The van der Waals surface area contributed by atoms with Crippen molar-refractivity contribution in [2.24, 2.45) is 17.8 Å². The molecule has 1 aliphatic carbocycles. The van der Waals surface area contributed by atoms with Gasteiger partial charge in [0.2, 0.25) is 0 Å². The molecule has 0 bridgehead atoms. The minimum absolute atomic E-state index is 0.00570. The van der Waals surface area contributed by atoms with Crippen LogP contribution in [0.2, 0.25) is 0 Å². The fourth-order valence-electron chi connectivity index (χ4n) is 2.93. The van der Waals surface area contributed by atoms with Crippen LogP contribution in [-0.2, 0) is 4.79 Å². The summed E-state index contributed by atoms with van der Waals surface area (Å²) in [5.74, 6) is -0.0921. The Labute approximate surface area is 97.0 Å². The van der Waals surface area contributed by atoms with Gasteiger partial charge in [-0.25, -0.2) is 0 Å². The van der Waals surface area contributed by atoms with Crippen LogP contribution in [0.1, 0.15) is 39.5 Å². The molecule has 0 radical (unpaired) electrons. The van der Waals surface area contributed by atoms with Gasteiger partial charge in [-0.3, -0.25) is 10.1 Å². The quantitative estimate of drug-likeness (QED) is 0.624. The van der Waals surface area contributed by atoms with Crippen molar-refractivity contribution in [1.82, 2.24) is 5.32 Å². The lowest BCUT2D eigenvalue weighted by Crippen LogP contribution is -2.41. The van der Waals surface area contributed by atoms with Gasteiger partial charge in [-0.1, -0.05) is 13.8 Å². The number of nitrogens with one attached hydrogen (secondary N) is 1. The molecule has 0 heterocycles. The third kappa shape index (κ3) is 3.19. The first-order valence-electron chi connectivity index (χ1n) is 6.17. The van der Waals surface area contributed by atoms with Gasteiger partial charge in [0.1, 0.15) is 0 Å². The van der Waals surface area contributed by atoms with Crippen LogP contribution in [0, 0.1) is 17.8 Å². The van der Waals surface area contributed by atoms with Crippen LogP contribution in [-0.4, -0.2) is 29.0 Å². The molecule has 4 heteroatoms. The van der Waals surface area contributed by atoms with E-state index in [1.807, 2.05) is 6.92 Å². The predicted molar refractivity (Wildman–Crippen MR) is 61.9 cm³/mol. The van der Waals surface area contributed by atoms with Gasteiger partial charge in [0.25, 0.3) is 0 Å². The molecule has 16 heavy (non-hydrogen) atoms. The van der Waals surface area contributed by atoms with E-state index in [2.05, 4.69) is 12.2 Å². The highest BCUT2D eigenvalue weighted by molar-refractivity contribution is 5.70. The number of hydrogen-bond donors (Lipinski definition) is 3. The van der Waals surface area contributed by atoms with Crippen molar-refractivity contribution in [1.29, 1.82) is 0 Å². The highest BCUT2D eigenvalue weighted by Crippen LogP contribution is 2.36. The average Bonchev–Trinajstić information content (AvgIpc) is 2.25.